The molecule has 0 fully saturated rings. The minimum absolute atomic E-state index is 0.300. The Hall–Kier alpha value is -1.83. The summed E-state index contributed by atoms with van der Waals surface area (Å²) in [7, 11) is 0. The fraction of sp³-hybridized carbons (Fsp3) is 0.0833. The van der Waals surface area contributed by atoms with Gasteiger partial charge in [-0.1, -0.05) is 30.3 Å². The minimum atomic E-state index is 0.300. The molecule has 0 aliphatic carbocycles. The monoisotopic (exact) mass is 186 g/mol. The molecule has 70 valence electrons. The van der Waals surface area contributed by atoms with Crippen LogP contribution in [0.3, 0.4) is 0 Å². The number of hydrogen-bond donors (Lipinski definition) is 1. The van der Waals surface area contributed by atoms with Crippen molar-refractivity contribution in [3.8, 4) is 5.75 Å². The number of aromatic hydroxyl groups is 1. The van der Waals surface area contributed by atoms with E-state index >= 15 is 0 Å². The van der Waals surface area contributed by atoms with E-state index in [0.717, 1.165) is 6.54 Å². The Morgan fingerprint density at radius 2 is 1.57 bits per heavy atom. The Kier molecular flexibility index (Phi) is 2.45. The highest BCUT2D eigenvalue weighted by molar-refractivity contribution is 5.14. The Balaban J connectivity index is 2.16. The third kappa shape index (κ3) is 2.10. The molecule has 0 aliphatic rings. The van der Waals surface area contributed by atoms with E-state index in [4.69, 9.17) is 5.11 Å². The van der Waals surface area contributed by atoms with Gasteiger partial charge < -0.3 is 5.11 Å². The normalized spacial score (nSPS) is 10.0. The first-order valence-corrected chi connectivity index (χ1v) is 4.56. The third-order valence-electron chi connectivity index (χ3n) is 2.08. The summed E-state index contributed by atoms with van der Waals surface area (Å²) in [5.41, 5.74) is 1.25. The molecule has 0 radical (unpaired) electrons. The maximum atomic E-state index is 9.11. The molecule has 2 nitrogen and oxygen atoms in total. The van der Waals surface area contributed by atoms with Crippen molar-refractivity contribution in [2.24, 2.45) is 0 Å². The van der Waals surface area contributed by atoms with Gasteiger partial charge in [-0.2, -0.15) is 0 Å². The number of nitrogens with zero attached hydrogens (tertiary/aromatic N) is 1. The molecule has 0 bridgehead atoms. The molecule has 1 heterocycles. The second-order valence-corrected chi connectivity index (χ2v) is 3.21. The quantitative estimate of drug-likeness (QED) is 0.709. The SMILES string of the molecule is Oc1cc[n+](Cc2ccccc2)cc1. The number of hydrogen-bond acceptors (Lipinski definition) is 1. The number of pyridine rings is 1. The molecule has 1 N–H and O–H groups in total. The number of benzene rings is 1. The lowest BCUT2D eigenvalue weighted by Crippen LogP contribution is -2.32. The van der Waals surface area contributed by atoms with Gasteiger partial charge in [0.25, 0.3) is 0 Å². The van der Waals surface area contributed by atoms with Crippen molar-refractivity contribution in [1.82, 2.24) is 0 Å². The molecule has 0 unspecified atom stereocenters. The summed E-state index contributed by atoms with van der Waals surface area (Å²) in [4.78, 5) is 0. The van der Waals surface area contributed by atoms with E-state index < -0.39 is 0 Å². The van der Waals surface area contributed by atoms with Crippen LogP contribution in [0.15, 0.2) is 54.9 Å². The van der Waals surface area contributed by atoms with E-state index in [1.807, 2.05) is 35.2 Å². The molecular weight excluding hydrogens is 174 g/mol. The van der Waals surface area contributed by atoms with Crippen molar-refractivity contribution in [2.75, 3.05) is 0 Å². The molecule has 2 aromatic rings. The third-order valence-corrected chi connectivity index (χ3v) is 2.08. The van der Waals surface area contributed by atoms with Crippen molar-refractivity contribution in [2.45, 2.75) is 6.54 Å². The average molecular weight is 186 g/mol. The smallest absolute Gasteiger partial charge is 0.173 e. The van der Waals surface area contributed by atoms with E-state index in [0.29, 0.717) is 5.75 Å². The fourth-order valence-corrected chi connectivity index (χ4v) is 1.35. The molecule has 0 aliphatic heterocycles. The van der Waals surface area contributed by atoms with E-state index in [1.165, 1.54) is 5.56 Å². The maximum Gasteiger partial charge on any atom is 0.173 e. The molecule has 0 atom stereocenters. The summed E-state index contributed by atoms with van der Waals surface area (Å²) >= 11 is 0. The van der Waals surface area contributed by atoms with E-state index in [1.54, 1.807) is 12.1 Å². The van der Waals surface area contributed by atoms with Crippen LogP contribution in [-0.4, -0.2) is 5.11 Å². The molecule has 0 saturated heterocycles. The zero-order valence-electron chi connectivity index (χ0n) is 7.80. The lowest BCUT2D eigenvalue weighted by molar-refractivity contribution is -0.688. The molecule has 2 heteroatoms. The first-order valence-electron chi connectivity index (χ1n) is 4.56. The van der Waals surface area contributed by atoms with Gasteiger partial charge in [0, 0.05) is 17.7 Å². The number of aromatic nitrogens is 1. The van der Waals surface area contributed by atoms with Crippen molar-refractivity contribution < 1.29 is 9.67 Å². The van der Waals surface area contributed by atoms with E-state index in [9.17, 15) is 0 Å². The van der Waals surface area contributed by atoms with Crippen molar-refractivity contribution in [3.63, 3.8) is 0 Å². The maximum absolute atomic E-state index is 9.11. The predicted molar refractivity (Wildman–Crippen MR) is 53.8 cm³/mol. The molecule has 0 saturated carbocycles. The zero-order valence-corrected chi connectivity index (χ0v) is 7.80. The average Bonchev–Trinajstić information content (AvgIpc) is 2.23. The first-order chi connectivity index (χ1) is 6.84. The van der Waals surface area contributed by atoms with Gasteiger partial charge >= 0.3 is 0 Å². The van der Waals surface area contributed by atoms with Crippen molar-refractivity contribution in [1.29, 1.82) is 0 Å². The molecule has 1 aromatic heterocycles. The van der Waals surface area contributed by atoms with Crippen molar-refractivity contribution >= 4 is 0 Å². The summed E-state index contributed by atoms with van der Waals surface area (Å²) in [6.45, 7) is 0.834. The van der Waals surface area contributed by atoms with Crippen LogP contribution in [-0.2, 0) is 6.54 Å². The van der Waals surface area contributed by atoms with E-state index in [2.05, 4.69) is 12.1 Å². The molecule has 2 rings (SSSR count). The van der Waals surface area contributed by atoms with Crippen LogP contribution in [0.4, 0.5) is 0 Å². The van der Waals surface area contributed by atoms with Gasteiger partial charge in [0.1, 0.15) is 5.75 Å². The second kappa shape index (κ2) is 3.92. The highest BCUT2D eigenvalue weighted by atomic mass is 16.3. The lowest BCUT2D eigenvalue weighted by atomic mass is 10.2. The molecule has 0 amide bonds. The second-order valence-electron chi connectivity index (χ2n) is 3.21. The van der Waals surface area contributed by atoms with Crippen LogP contribution < -0.4 is 4.57 Å². The Morgan fingerprint density at radius 1 is 0.929 bits per heavy atom. The Bertz CT molecular complexity index is 394. The van der Waals surface area contributed by atoms with Crippen LogP contribution in [0.2, 0.25) is 0 Å². The summed E-state index contributed by atoms with van der Waals surface area (Å²) in [6, 6.07) is 13.6. The largest absolute Gasteiger partial charge is 0.507 e. The molecule has 14 heavy (non-hydrogen) atoms. The number of rotatable bonds is 2. The summed E-state index contributed by atoms with van der Waals surface area (Å²) < 4.78 is 2.02. The van der Waals surface area contributed by atoms with Gasteiger partial charge in [0.2, 0.25) is 0 Å². The standard InChI is InChI=1S/C12H11NO/c14-12-6-8-13(9-7-12)10-11-4-2-1-3-5-11/h1-9H,10H2/p+1. The van der Waals surface area contributed by atoms with Gasteiger partial charge in [-0.25, -0.2) is 4.57 Å². The van der Waals surface area contributed by atoms with Crippen LogP contribution >= 0.6 is 0 Å². The molecule has 0 spiro atoms. The summed E-state index contributed by atoms with van der Waals surface area (Å²) in [6.07, 6.45) is 3.73. The zero-order chi connectivity index (χ0) is 9.80. The van der Waals surface area contributed by atoms with E-state index in [-0.39, 0.29) is 0 Å². The van der Waals surface area contributed by atoms with Crippen LogP contribution in [0.5, 0.6) is 5.75 Å². The van der Waals surface area contributed by atoms with Crippen LogP contribution in [0, 0.1) is 0 Å². The minimum Gasteiger partial charge on any atom is -0.507 e. The van der Waals surface area contributed by atoms with Crippen LogP contribution in [0.25, 0.3) is 0 Å². The predicted octanol–water partition coefficient (Wildman–Crippen LogP) is 1.73. The van der Waals surface area contributed by atoms with Gasteiger partial charge in [-0.15, -0.1) is 0 Å². The highest BCUT2D eigenvalue weighted by Gasteiger charge is 2.00. The molecule has 1 aromatic carbocycles. The van der Waals surface area contributed by atoms with Gasteiger partial charge in [0.05, 0.1) is 0 Å². The first kappa shape index (κ1) is 8.75. The Labute approximate surface area is 83.1 Å². The van der Waals surface area contributed by atoms with Gasteiger partial charge in [0.15, 0.2) is 18.9 Å². The summed E-state index contributed by atoms with van der Waals surface area (Å²) in [5.74, 6) is 0.300. The fourth-order valence-electron chi connectivity index (χ4n) is 1.35. The Morgan fingerprint density at radius 3 is 2.21 bits per heavy atom. The highest BCUT2D eigenvalue weighted by Crippen LogP contribution is 2.02. The summed E-state index contributed by atoms with van der Waals surface area (Å²) in [5, 5.41) is 9.11. The molecular formula is C12H12NO+. The topological polar surface area (TPSA) is 24.1 Å². The van der Waals surface area contributed by atoms with Gasteiger partial charge in [-0.3, -0.25) is 0 Å². The lowest BCUT2D eigenvalue weighted by Gasteiger charge is -1.96. The van der Waals surface area contributed by atoms with Crippen molar-refractivity contribution in [3.05, 3.63) is 60.4 Å². The van der Waals surface area contributed by atoms with Crippen LogP contribution in [0.1, 0.15) is 5.56 Å². The van der Waals surface area contributed by atoms with Gasteiger partial charge in [-0.05, 0) is 0 Å².